The summed E-state index contributed by atoms with van der Waals surface area (Å²) in [6, 6.07) is 12.5. The third kappa shape index (κ3) is 5.23. The first kappa shape index (κ1) is 19.8. The molecule has 0 heterocycles. The van der Waals surface area contributed by atoms with Crippen LogP contribution in [0.15, 0.2) is 42.5 Å². The highest BCUT2D eigenvalue weighted by Crippen LogP contribution is 2.30. The number of amides is 2. The summed E-state index contributed by atoms with van der Waals surface area (Å²) in [4.78, 5) is 24.5. The molecule has 0 radical (unpaired) electrons. The van der Waals surface area contributed by atoms with Crippen LogP contribution in [0.25, 0.3) is 0 Å². The Labute approximate surface area is 158 Å². The lowest BCUT2D eigenvalue weighted by Crippen LogP contribution is -2.23. The third-order valence-electron chi connectivity index (χ3n) is 3.77. The minimum Gasteiger partial charge on any atom is -0.495 e. The number of nitrogens with one attached hydrogen (secondary N) is 2. The van der Waals surface area contributed by atoms with Crippen molar-refractivity contribution < 1.29 is 14.3 Å². The number of methoxy groups -OCH3 is 1. The van der Waals surface area contributed by atoms with Gasteiger partial charge < -0.3 is 15.4 Å². The van der Waals surface area contributed by atoms with Crippen LogP contribution < -0.4 is 15.4 Å². The standard InChI is InChI=1S/C20H23ClN2O3/c1-20(2,3)14-7-5-6-8-15(14)22-18(24)12-19(25)23-16-11-13(21)9-10-17(16)26-4/h5-11H,12H2,1-4H3,(H,22,24)(H,23,25). The van der Waals surface area contributed by atoms with E-state index < -0.39 is 5.91 Å². The predicted molar refractivity (Wildman–Crippen MR) is 105 cm³/mol. The molecule has 0 atom stereocenters. The van der Waals surface area contributed by atoms with E-state index in [0.717, 1.165) is 5.56 Å². The maximum absolute atomic E-state index is 12.3. The van der Waals surface area contributed by atoms with Crippen molar-refractivity contribution >= 4 is 34.8 Å². The molecule has 138 valence electrons. The summed E-state index contributed by atoms with van der Waals surface area (Å²) in [5.74, 6) is -0.363. The van der Waals surface area contributed by atoms with Gasteiger partial charge in [0, 0.05) is 10.7 Å². The number of hydrogen-bond donors (Lipinski definition) is 2. The van der Waals surface area contributed by atoms with Gasteiger partial charge in [-0.25, -0.2) is 0 Å². The second-order valence-electron chi connectivity index (χ2n) is 6.91. The molecule has 2 N–H and O–H groups in total. The van der Waals surface area contributed by atoms with Crippen LogP contribution in [-0.2, 0) is 15.0 Å². The van der Waals surface area contributed by atoms with Gasteiger partial charge in [-0.05, 0) is 35.2 Å². The molecule has 0 fully saturated rings. The number of anilines is 2. The summed E-state index contributed by atoms with van der Waals surface area (Å²) in [6.07, 6.45) is -0.311. The van der Waals surface area contributed by atoms with E-state index in [9.17, 15) is 9.59 Å². The number of carbonyl (C=O) groups excluding carboxylic acids is 2. The van der Waals surface area contributed by atoms with Crippen molar-refractivity contribution in [2.45, 2.75) is 32.6 Å². The van der Waals surface area contributed by atoms with Gasteiger partial charge in [0.05, 0.1) is 12.8 Å². The molecule has 0 bridgehead atoms. The third-order valence-corrected chi connectivity index (χ3v) is 4.00. The molecule has 2 aromatic rings. The fourth-order valence-corrected chi connectivity index (χ4v) is 2.73. The Morgan fingerprint density at radius 3 is 2.23 bits per heavy atom. The largest absolute Gasteiger partial charge is 0.495 e. The van der Waals surface area contributed by atoms with Crippen LogP contribution in [0.3, 0.4) is 0 Å². The summed E-state index contributed by atoms with van der Waals surface area (Å²) >= 11 is 5.94. The Morgan fingerprint density at radius 2 is 1.62 bits per heavy atom. The number of rotatable bonds is 5. The van der Waals surface area contributed by atoms with E-state index in [-0.39, 0.29) is 17.7 Å². The minimum absolute atomic E-state index is 0.125. The maximum atomic E-state index is 12.3. The normalized spacial score (nSPS) is 11.0. The second-order valence-corrected chi connectivity index (χ2v) is 7.35. The molecular weight excluding hydrogens is 352 g/mol. The summed E-state index contributed by atoms with van der Waals surface area (Å²) in [7, 11) is 1.50. The first-order valence-corrected chi connectivity index (χ1v) is 8.61. The van der Waals surface area contributed by atoms with E-state index in [2.05, 4.69) is 31.4 Å². The summed E-state index contributed by atoms with van der Waals surface area (Å²) < 4.78 is 5.18. The molecule has 0 spiro atoms. The van der Waals surface area contributed by atoms with Gasteiger partial charge in [0.15, 0.2) is 0 Å². The van der Waals surface area contributed by atoms with E-state index in [1.165, 1.54) is 7.11 Å². The molecule has 2 amide bonds. The van der Waals surface area contributed by atoms with Crippen LogP contribution in [0, 0.1) is 0 Å². The smallest absolute Gasteiger partial charge is 0.233 e. The van der Waals surface area contributed by atoms with Crippen LogP contribution in [0.1, 0.15) is 32.8 Å². The van der Waals surface area contributed by atoms with Gasteiger partial charge in [0.2, 0.25) is 11.8 Å². The Bertz CT molecular complexity index is 813. The zero-order chi connectivity index (χ0) is 19.3. The fraction of sp³-hybridized carbons (Fsp3) is 0.300. The van der Waals surface area contributed by atoms with Crippen LogP contribution in [0.4, 0.5) is 11.4 Å². The lowest BCUT2D eigenvalue weighted by Gasteiger charge is -2.23. The van der Waals surface area contributed by atoms with E-state index in [0.29, 0.717) is 22.1 Å². The molecule has 0 aliphatic heterocycles. The van der Waals surface area contributed by atoms with E-state index >= 15 is 0 Å². The zero-order valence-corrected chi connectivity index (χ0v) is 16.1. The molecule has 0 saturated carbocycles. The Kier molecular flexibility index (Phi) is 6.27. The van der Waals surface area contributed by atoms with Crippen molar-refractivity contribution in [3.8, 4) is 5.75 Å². The first-order valence-electron chi connectivity index (χ1n) is 8.23. The lowest BCUT2D eigenvalue weighted by molar-refractivity contribution is -0.123. The zero-order valence-electron chi connectivity index (χ0n) is 15.4. The molecule has 26 heavy (non-hydrogen) atoms. The second kappa shape index (κ2) is 8.23. The van der Waals surface area contributed by atoms with Crippen LogP contribution in [0.5, 0.6) is 5.75 Å². The SMILES string of the molecule is COc1ccc(Cl)cc1NC(=O)CC(=O)Nc1ccccc1C(C)(C)C. The van der Waals surface area contributed by atoms with Crippen LogP contribution in [-0.4, -0.2) is 18.9 Å². The molecular formula is C20H23ClN2O3. The quantitative estimate of drug-likeness (QED) is 0.751. The molecule has 0 unspecified atom stereocenters. The number of benzene rings is 2. The monoisotopic (exact) mass is 374 g/mol. The average Bonchev–Trinajstić information content (AvgIpc) is 2.54. The molecule has 6 heteroatoms. The van der Waals surface area contributed by atoms with Gasteiger partial charge in [-0.3, -0.25) is 9.59 Å². The summed E-state index contributed by atoms with van der Waals surface area (Å²) in [5.41, 5.74) is 2.01. The highest BCUT2D eigenvalue weighted by atomic mass is 35.5. The van der Waals surface area contributed by atoms with E-state index in [1.807, 2.05) is 24.3 Å². The van der Waals surface area contributed by atoms with Crippen molar-refractivity contribution in [2.75, 3.05) is 17.7 Å². The number of para-hydroxylation sites is 1. The predicted octanol–water partition coefficient (Wildman–Crippen LogP) is 4.61. The Morgan fingerprint density at radius 1 is 1.00 bits per heavy atom. The van der Waals surface area contributed by atoms with Crippen molar-refractivity contribution in [3.05, 3.63) is 53.1 Å². The molecule has 5 nitrogen and oxygen atoms in total. The van der Waals surface area contributed by atoms with Gasteiger partial charge in [0.1, 0.15) is 12.2 Å². The molecule has 0 aromatic heterocycles. The molecule has 0 aliphatic rings. The van der Waals surface area contributed by atoms with Gasteiger partial charge in [-0.1, -0.05) is 50.6 Å². The van der Waals surface area contributed by atoms with Crippen molar-refractivity contribution in [1.82, 2.24) is 0 Å². The number of ether oxygens (including phenoxy) is 1. The van der Waals surface area contributed by atoms with Gasteiger partial charge in [-0.2, -0.15) is 0 Å². The first-order chi connectivity index (χ1) is 12.2. The highest BCUT2D eigenvalue weighted by molar-refractivity contribution is 6.31. The van der Waals surface area contributed by atoms with Crippen LogP contribution >= 0.6 is 11.6 Å². The Balaban J connectivity index is 2.05. The maximum Gasteiger partial charge on any atom is 0.233 e. The van der Waals surface area contributed by atoms with E-state index in [4.69, 9.17) is 16.3 Å². The van der Waals surface area contributed by atoms with Gasteiger partial charge in [0.25, 0.3) is 0 Å². The van der Waals surface area contributed by atoms with Crippen molar-refractivity contribution in [2.24, 2.45) is 0 Å². The molecule has 2 rings (SSSR count). The number of hydrogen-bond acceptors (Lipinski definition) is 3. The van der Waals surface area contributed by atoms with Crippen molar-refractivity contribution in [3.63, 3.8) is 0 Å². The van der Waals surface area contributed by atoms with E-state index in [1.54, 1.807) is 18.2 Å². The lowest BCUT2D eigenvalue weighted by atomic mass is 9.86. The molecule has 2 aromatic carbocycles. The number of carbonyl (C=O) groups is 2. The summed E-state index contributed by atoms with van der Waals surface area (Å²) in [6.45, 7) is 6.20. The topological polar surface area (TPSA) is 67.4 Å². The van der Waals surface area contributed by atoms with Gasteiger partial charge >= 0.3 is 0 Å². The molecule has 0 aliphatic carbocycles. The highest BCUT2D eigenvalue weighted by Gasteiger charge is 2.19. The molecule has 0 saturated heterocycles. The average molecular weight is 375 g/mol. The van der Waals surface area contributed by atoms with Gasteiger partial charge in [-0.15, -0.1) is 0 Å². The summed E-state index contributed by atoms with van der Waals surface area (Å²) in [5, 5.41) is 5.93. The van der Waals surface area contributed by atoms with Crippen LogP contribution in [0.2, 0.25) is 5.02 Å². The minimum atomic E-state index is -0.448. The number of halogens is 1. The van der Waals surface area contributed by atoms with Crippen molar-refractivity contribution in [1.29, 1.82) is 0 Å². The Hall–Kier alpha value is -2.53. The fourth-order valence-electron chi connectivity index (χ4n) is 2.56.